The van der Waals surface area contributed by atoms with Gasteiger partial charge in [-0.25, -0.2) is 5.43 Å². The highest BCUT2D eigenvalue weighted by Gasteiger charge is 2.16. The minimum absolute atomic E-state index is 0.161. The summed E-state index contributed by atoms with van der Waals surface area (Å²) in [5.74, 6) is 1.88. The number of hydrogen-bond donors (Lipinski definition) is 1. The zero-order valence-corrected chi connectivity index (χ0v) is 21.2. The number of nitrogens with one attached hydrogen (secondary N) is 1. The van der Waals surface area contributed by atoms with E-state index < -0.39 is 0 Å². The Kier molecular flexibility index (Phi) is 8.36. The van der Waals surface area contributed by atoms with Gasteiger partial charge in [0.05, 0.1) is 26.2 Å². The number of ether oxygens (including phenoxy) is 2. The van der Waals surface area contributed by atoms with Crippen LogP contribution in [0.4, 0.5) is 0 Å². The van der Waals surface area contributed by atoms with Crippen molar-refractivity contribution in [3.05, 3.63) is 78.4 Å². The van der Waals surface area contributed by atoms with E-state index in [-0.39, 0.29) is 11.7 Å². The van der Waals surface area contributed by atoms with Gasteiger partial charge in [-0.05, 0) is 41.8 Å². The molecule has 1 amide bonds. The lowest BCUT2D eigenvalue weighted by Crippen LogP contribution is -2.20. The van der Waals surface area contributed by atoms with E-state index in [0.29, 0.717) is 29.0 Å². The van der Waals surface area contributed by atoms with E-state index in [1.165, 1.54) is 11.8 Å². The first-order valence-corrected chi connectivity index (χ1v) is 12.4. The fourth-order valence-corrected chi connectivity index (χ4v) is 4.40. The van der Waals surface area contributed by atoms with Crippen LogP contribution in [0.15, 0.2) is 83.1 Å². The third-order valence-electron chi connectivity index (χ3n) is 5.43. The van der Waals surface area contributed by atoms with Crippen LogP contribution in [0.2, 0.25) is 0 Å². The summed E-state index contributed by atoms with van der Waals surface area (Å²) in [7, 11) is 3.19. The van der Waals surface area contributed by atoms with Gasteiger partial charge in [-0.2, -0.15) is 5.10 Å². The van der Waals surface area contributed by atoms with E-state index >= 15 is 0 Å². The largest absolute Gasteiger partial charge is 0.493 e. The Hall–Kier alpha value is -4.11. The summed E-state index contributed by atoms with van der Waals surface area (Å²) in [6.45, 7) is 2.66. The van der Waals surface area contributed by atoms with Gasteiger partial charge in [0.25, 0.3) is 5.91 Å². The first-order chi connectivity index (χ1) is 17.6. The quantitative estimate of drug-likeness (QED) is 0.189. The number of amides is 1. The van der Waals surface area contributed by atoms with Gasteiger partial charge in [0, 0.05) is 12.1 Å². The summed E-state index contributed by atoms with van der Waals surface area (Å²) in [4.78, 5) is 12.3. The molecule has 184 valence electrons. The van der Waals surface area contributed by atoms with Gasteiger partial charge in [0.2, 0.25) is 0 Å². The van der Waals surface area contributed by atoms with Crippen molar-refractivity contribution in [2.45, 2.75) is 18.6 Å². The van der Waals surface area contributed by atoms with Crippen molar-refractivity contribution in [2.75, 3.05) is 20.0 Å². The molecule has 0 saturated carbocycles. The molecular weight excluding hydrogens is 474 g/mol. The molecule has 0 fully saturated rings. The summed E-state index contributed by atoms with van der Waals surface area (Å²) < 4.78 is 12.7. The molecule has 1 aromatic heterocycles. The zero-order valence-electron chi connectivity index (χ0n) is 20.3. The minimum Gasteiger partial charge on any atom is -0.493 e. The van der Waals surface area contributed by atoms with E-state index in [0.717, 1.165) is 22.3 Å². The fraction of sp³-hybridized carbons (Fsp3) is 0.185. The Morgan fingerprint density at radius 2 is 1.64 bits per heavy atom. The van der Waals surface area contributed by atoms with Gasteiger partial charge >= 0.3 is 0 Å². The van der Waals surface area contributed by atoms with Gasteiger partial charge in [-0.3, -0.25) is 4.79 Å². The van der Waals surface area contributed by atoms with E-state index in [9.17, 15) is 4.79 Å². The van der Waals surface area contributed by atoms with Gasteiger partial charge in [-0.1, -0.05) is 66.4 Å². The lowest BCUT2D eigenvalue weighted by molar-refractivity contribution is -0.118. The Morgan fingerprint density at radius 3 is 2.33 bits per heavy atom. The Labute approximate surface area is 214 Å². The number of hydrazone groups is 1. The van der Waals surface area contributed by atoms with Crippen LogP contribution < -0.4 is 14.9 Å². The van der Waals surface area contributed by atoms with Gasteiger partial charge in [0.15, 0.2) is 22.5 Å². The summed E-state index contributed by atoms with van der Waals surface area (Å²) >= 11 is 1.31. The second-order valence-electron chi connectivity index (χ2n) is 7.69. The molecule has 36 heavy (non-hydrogen) atoms. The predicted octanol–water partition coefficient (Wildman–Crippen LogP) is 4.89. The first kappa shape index (κ1) is 25.0. The molecule has 0 aliphatic rings. The SMILES string of the molecule is CCn1c(SCC(=O)N/N=C/c2ccc(-c3ccccc3)cc2)nnc1-c1ccc(OC)c(OC)c1. The summed E-state index contributed by atoms with van der Waals surface area (Å²) in [5, 5.41) is 13.3. The van der Waals surface area contributed by atoms with Gasteiger partial charge in [-0.15, -0.1) is 10.2 Å². The maximum atomic E-state index is 12.3. The average molecular weight is 502 g/mol. The molecule has 8 nitrogen and oxygen atoms in total. The second-order valence-corrected chi connectivity index (χ2v) is 8.63. The van der Waals surface area contributed by atoms with Crippen molar-refractivity contribution < 1.29 is 14.3 Å². The smallest absolute Gasteiger partial charge is 0.250 e. The summed E-state index contributed by atoms with van der Waals surface area (Å²) in [5.41, 5.74) is 6.60. The number of carbonyl (C=O) groups is 1. The lowest BCUT2D eigenvalue weighted by Gasteiger charge is -2.10. The third kappa shape index (κ3) is 5.92. The van der Waals surface area contributed by atoms with Crippen LogP contribution in [0.25, 0.3) is 22.5 Å². The molecule has 9 heteroatoms. The summed E-state index contributed by atoms with van der Waals surface area (Å²) in [6, 6.07) is 23.7. The number of nitrogens with zero attached hydrogens (tertiary/aromatic N) is 4. The normalized spacial score (nSPS) is 11.0. The maximum Gasteiger partial charge on any atom is 0.250 e. The van der Waals surface area contributed by atoms with Crippen LogP contribution in [0.5, 0.6) is 11.5 Å². The van der Waals surface area contributed by atoms with Crippen molar-refractivity contribution in [2.24, 2.45) is 5.10 Å². The molecule has 4 aromatic rings. The molecule has 0 unspecified atom stereocenters. The second kappa shape index (κ2) is 12.0. The predicted molar refractivity (Wildman–Crippen MR) is 143 cm³/mol. The van der Waals surface area contributed by atoms with Gasteiger partial charge < -0.3 is 14.0 Å². The average Bonchev–Trinajstić information content (AvgIpc) is 3.35. The molecule has 0 aliphatic carbocycles. The molecule has 0 aliphatic heterocycles. The van der Waals surface area contributed by atoms with E-state index in [4.69, 9.17) is 9.47 Å². The molecule has 0 saturated heterocycles. The number of carbonyl (C=O) groups excluding carboxylic acids is 1. The van der Waals surface area contributed by atoms with Crippen LogP contribution >= 0.6 is 11.8 Å². The molecule has 0 radical (unpaired) electrons. The van der Waals surface area contributed by atoms with Crippen molar-refractivity contribution in [3.8, 4) is 34.0 Å². The van der Waals surface area contributed by atoms with Crippen LogP contribution in [-0.2, 0) is 11.3 Å². The molecule has 0 bridgehead atoms. The highest BCUT2D eigenvalue weighted by Crippen LogP contribution is 2.32. The molecular formula is C27H27N5O3S. The number of thioether (sulfide) groups is 1. The fourth-order valence-electron chi connectivity index (χ4n) is 3.60. The van der Waals surface area contributed by atoms with Crippen LogP contribution in [0.1, 0.15) is 12.5 Å². The number of aromatic nitrogens is 3. The Morgan fingerprint density at radius 1 is 0.944 bits per heavy atom. The van der Waals surface area contributed by atoms with Crippen LogP contribution in [0, 0.1) is 0 Å². The van der Waals surface area contributed by atoms with E-state index in [1.807, 2.05) is 72.2 Å². The highest BCUT2D eigenvalue weighted by atomic mass is 32.2. The van der Waals surface area contributed by atoms with Crippen LogP contribution in [-0.4, -0.2) is 46.9 Å². The van der Waals surface area contributed by atoms with Crippen molar-refractivity contribution >= 4 is 23.9 Å². The topological polar surface area (TPSA) is 90.6 Å². The van der Waals surface area contributed by atoms with Crippen molar-refractivity contribution in [1.82, 2.24) is 20.2 Å². The molecule has 3 aromatic carbocycles. The number of benzene rings is 3. The molecule has 1 heterocycles. The first-order valence-electron chi connectivity index (χ1n) is 11.4. The van der Waals surface area contributed by atoms with Crippen molar-refractivity contribution in [3.63, 3.8) is 0 Å². The number of methoxy groups -OCH3 is 2. The molecule has 0 spiro atoms. The Bertz CT molecular complexity index is 1340. The monoisotopic (exact) mass is 501 g/mol. The maximum absolute atomic E-state index is 12.3. The van der Waals surface area contributed by atoms with E-state index in [2.05, 4.69) is 32.9 Å². The minimum atomic E-state index is -0.226. The Balaban J connectivity index is 1.34. The van der Waals surface area contributed by atoms with Crippen molar-refractivity contribution in [1.29, 1.82) is 0 Å². The number of hydrogen-bond acceptors (Lipinski definition) is 7. The molecule has 0 atom stereocenters. The summed E-state index contributed by atoms with van der Waals surface area (Å²) in [6.07, 6.45) is 1.63. The highest BCUT2D eigenvalue weighted by molar-refractivity contribution is 7.99. The van der Waals surface area contributed by atoms with Crippen LogP contribution in [0.3, 0.4) is 0 Å². The van der Waals surface area contributed by atoms with Gasteiger partial charge in [0.1, 0.15) is 0 Å². The third-order valence-corrected chi connectivity index (χ3v) is 6.39. The lowest BCUT2D eigenvalue weighted by atomic mass is 10.0. The number of rotatable bonds is 10. The molecule has 4 rings (SSSR count). The zero-order chi connectivity index (χ0) is 25.3. The standard InChI is InChI=1S/C27H27N5O3S/c1-4-32-26(22-14-15-23(34-2)24(16-22)35-3)30-31-27(32)36-18-25(33)29-28-17-19-10-12-21(13-11-19)20-8-6-5-7-9-20/h5-17H,4,18H2,1-3H3,(H,29,33)/b28-17+. The molecule has 1 N–H and O–H groups in total. The van der Waals surface area contributed by atoms with E-state index in [1.54, 1.807) is 20.4 Å².